The topological polar surface area (TPSA) is 28.7 Å². The fourth-order valence-electron chi connectivity index (χ4n) is 2.02. The van der Waals surface area contributed by atoms with Crippen LogP contribution in [0.5, 0.6) is 0 Å². The van der Waals surface area contributed by atoms with Crippen LogP contribution in [0.4, 0.5) is 0 Å². The summed E-state index contributed by atoms with van der Waals surface area (Å²) in [6.45, 7) is 2.18. The van der Waals surface area contributed by atoms with E-state index < -0.39 is 0 Å². The van der Waals surface area contributed by atoms with Crippen LogP contribution in [0, 0.1) is 0 Å². The Morgan fingerprint density at radius 3 is 2.65 bits per heavy atom. The summed E-state index contributed by atoms with van der Waals surface area (Å²) in [4.78, 5) is 7.77. The molecule has 0 saturated heterocycles. The zero-order valence-electron chi connectivity index (χ0n) is 10.4. The molecule has 0 bridgehead atoms. The first-order valence-electron chi connectivity index (χ1n) is 6.45. The number of hydrogen-bond donors (Lipinski definition) is 1. The maximum absolute atomic E-state index is 4.38. The third-order valence-corrected chi connectivity index (χ3v) is 2.92. The van der Waals surface area contributed by atoms with Crippen LogP contribution >= 0.6 is 0 Å². The number of nitrogens with zero attached hydrogens (tertiary/aromatic N) is 1. The standard InChI is InChI=1S/C15H20N2/c1-2-7-15-16-12-14(17-15)11-6-10-13-8-4-3-5-9-13/h3-5,8-9,12H,2,6-7,10-11H2,1H3,(H,16,17). The molecule has 1 heterocycles. The number of rotatable bonds is 6. The number of hydrogen-bond acceptors (Lipinski definition) is 1. The van der Waals surface area contributed by atoms with E-state index in [0.29, 0.717) is 0 Å². The first-order valence-corrected chi connectivity index (χ1v) is 6.45. The second-order valence-electron chi connectivity index (χ2n) is 4.44. The van der Waals surface area contributed by atoms with Crippen molar-refractivity contribution in [2.24, 2.45) is 0 Å². The van der Waals surface area contributed by atoms with Gasteiger partial charge in [-0.05, 0) is 31.2 Å². The number of imidazole rings is 1. The second kappa shape index (κ2) is 6.24. The van der Waals surface area contributed by atoms with Gasteiger partial charge < -0.3 is 4.98 Å². The molecule has 1 aromatic heterocycles. The van der Waals surface area contributed by atoms with Crippen molar-refractivity contribution in [3.8, 4) is 0 Å². The van der Waals surface area contributed by atoms with Crippen molar-refractivity contribution >= 4 is 0 Å². The van der Waals surface area contributed by atoms with Crippen molar-refractivity contribution < 1.29 is 0 Å². The van der Waals surface area contributed by atoms with Gasteiger partial charge in [0.15, 0.2) is 0 Å². The van der Waals surface area contributed by atoms with E-state index in [2.05, 4.69) is 47.2 Å². The van der Waals surface area contributed by atoms with Crippen molar-refractivity contribution in [3.05, 3.63) is 53.6 Å². The van der Waals surface area contributed by atoms with E-state index in [1.807, 2.05) is 6.20 Å². The van der Waals surface area contributed by atoms with Crippen LogP contribution in [0.1, 0.15) is 36.8 Å². The van der Waals surface area contributed by atoms with Crippen LogP contribution in [-0.2, 0) is 19.3 Å². The Morgan fingerprint density at radius 1 is 1.06 bits per heavy atom. The normalized spacial score (nSPS) is 10.6. The predicted molar refractivity (Wildman–Crippen MR) is 71.0 cm³/mol. The molecular weight excluding hydrogens is 208 g/mol. The zero-order chi connectivity index (χ0) is 11.9. The summed E-state index contributed by atoms with van der Waals surface area (Å²) in [6, 6.07) is 10.6. The lowest BCUT2D eigenvalue weighted by Gasteiger charge is -1.99. The average molecular weight is 228 g/mol. The highest BCUT2D eigenvalue weighted by Gasteiger charge is 2.00. The minimum atomic E-state index is 1.05. The van der Waals surface area contributed by atoms with Gasteiger partial charge in [0.25, 0.3) is 0 Å². The minimum absolute atomic E-state index is 1.05. The fourth-order valence-corrected chi connectivity index (χ4v) is 2.02. The third kappa shape index (κ3) is 3.74. The van der Waals surface area contributed by atoms with E-state index in [1.165, 1.54) is 17.7 Å². The number of H-pyrrole nitrogens is 1. The summed E-state index contributed by atoms with van der Waals surface area (Å²) in [5.41, 5.74) is 2.69. The Balaban J connectivity index is 1.78. The Labute approximate surface area is 103 Å². The molecular formula is C15H20N2. The summed E-state index contributed by atoms with van der Waals surface area (Å²) < 4.78 is 0. The second-order valence-corrected chi connectivity index (χ2v) is 4.44. The van der Waals surface area contributed by atoms with Crippen LogP contribution in [0.3, 0.4) is 0 Å². The monoisotopic (exact) mass is 228 g/mol. The molecule has 0 amide bonds. The smallest absolute Gasteiger partial charge is 0.106 e. The molecule has 2 aromatic rings. The number of aromatic amines is 1. The van der Waals surface area contributed by atoms with E-state index in [9.17, 15) is 0 Å². The van der Waals surface area contributed by atoms with E-state index in [4.69, 9.17) is 0 Å². The van der Waals surface area contributed by atoms with Crippen LogP contribution in [-0.4, -0.2) is 9.97 Å². The predicted octanol–water partition coefficient (Wildman–Crippen LogP) is 3.54. The van der Waals surface area contributed by atoms with Gasteiger partial charge in [-0.3, -0.25) is 0 Å². The third-order valence-electron chi connectivity index (χ3n) is 2.92. The van der Waals surface area contributed by atoms with Crippen LogP contribution in [0.25, 0.3) is 0 Å². The molecule has 1 N–H and O–H groups in total. The van der Waals surface area contributed by atoms with Gasteiger partial charge in [0.05, 0.1) is 0 Å². The number of aryl methyl sites for hydroxylation is 3. The van der Waals surface area contributed by atoms with Gasteiger partial charge in [-0.25, -0.2) is 4.98 Å². The zero-order valence-corrected chi connectivity index (χ0v) is 10.4. The molecule has 2 rings (SSSR count). The molecule has 90 valence electrons. The molecule has 0 radical (unpaired) electrons. The summed E-state index contributed by atoms with van der Waals surface area (Å²) >= 11 is 0. The summed E-state index contributed by atoms with van der Waals surface area (Å²) in [6.07, 6.45) is 7.60. The van der Waals surface area contributed by atoms with Gasteiger partial charge >= 0.3 is 0 Å². The maximum atomic E-state index is 4.38. The molecule has 0 aliphatic carbocycles. The quantitative estimate of drug-likeness (QED) is 0.805. The van der Waals surface area contributed by atoms with Crippen LogP contribution in [0.2, 0.25) is 0 Å². The molecule has 2 heteroatoms. The Kier molecular flexibility index (Phi) is 4.37. The lowest BCUT2D eigenvalue weighted by atomic mass is 10.1. The fraction of sp³-hybridized carbons (Fsp3) is 0.400. The molecule has 17 heavy (non-hydrogen) atoms. The van der Waals surface area contributed by atoms with Gasteiger partial charge in [0.1, 0.15) is 5.82 Å². The Bertz CT molecular complexity index is 431. The highest BCUT2D eigenvalue weighted by atomic mass is 14.9. The lowest BCUT2D eigenvalue weighted by Crippen LogP contribution is -1.91. The maximum Gasteiger partial charge on any atom is 0.106 e. The summed E-state index contributed by atoms with van der Waals surface area (Å²) in [5, 5.41) is 0. The summed E-state index contributed by atoms with van der Waals surface area (Å²) in [5.74, 6) is 1.13. The molecule has 0 unspecified atom stereocenters. The Hall–Kier alpha value is -1.57. The number of benzene rings is 1. The van der Waals surface area contributed by atoms with Crippen LogP contribution < -0.4 is 0 Å². The molecule has 2 nitrogen and oxygen atoms in total. The van der Waals surface area contributed by atoms with Crippen molar-refractivity contribution in [2.75, 3.05) is 0 Å². The van der Waals surface area contributed by atoms with Gasteiger partial charge in [0.2, 0.25) is 0 Å². The Morgan fingerprint density at radius 2 is 1.88 bits per heavy atom. The highest BCUT2D eigenvalue weighted by molar-refractivity contribution is 5.15. The number of nitrogens with one attached hydrogen (secondary N) is 1. The van der Waals surface area contributed by atoms with Crippen molar-refractivity contribution in [2.45, 2.75) is 39.0 Å². The van der Waals surface area contributed by atoms with Gasteiger partial charge in [-0.15, -0.1) is 0 Å². The molecule has 1 aromatic carbocycles. The molecule has 0 atom stereocenters. The average Bonchev–Trinajstić information content (AvgIpc) is 2.79. The summed E-state index contributed by atoms with van der Waals surface area (Å²) in [7, 11) is 0. The van der Waals surface area contributed by atoms with Crippen LogP contribution in [0.15, 0.2) is 36.5 Å². The van der Waals surface area contributed by atoms with Crippen molar-refractivity contribution in [3.63, 3.8) is 0 Å². The van der Waals surface area contributed by atoms with Crippen molar-refractivity contribution in [1.82, 2.24) is 9.97 Å². The molecule has 0 fully saturated rings. The SMILES string of the molecule is CCCc1ncc(CCCc2ccccc2)[nH]1. The van der Waals surface area contributed by atoms with E-state index in [-0.39, 0.29) is 0 Å². The molecule has 0 saturated carbocycles. The van der Waals surface area contributed by atoms with Gasteiger partial charge in [-0.1, -0.05) is 37.3 Å². The van der Waals surface area contributed by atoms with E-state index >= 15 is 0 Å². The van der Waals surface area contributed by atoms with E-state index in [0.717, 1.165) is 31.5 Å². The lowest BCUT2D eigenvalue weighted by molar-refractivity contribution is 0.793. The minimum Gasteiger partial charge on any atom is -0.346 e. The largest absolute Gasteiger partial charge is 0.346 e. The highest BCUT2D eigenvalue weighted by Crippen LogP contribution is 2.07. The van der Waals surface area contributed by atoms with Crippen molar-refractivity contribution in [1.29, 1.82) is 0 Å². The molecule has 0 aliphatic heterocycles. The molecule has 0 spiro atoms. The van der Waals surface area contributed by atoms with Gasteiger partial charge in [0, 0.05) is 18.3 Å². The number of aromatic nitrogens is 2. The van der Waals surface area contributed by atoms with E-state index in [1.54, 1.807) is 0 Å². The first kappa shape index (κ1) is 11.9. The first-order chi connectivity index (χ1) is 8.38. The van der Waals surface area contributed by atoms with Gasteiger partial charge in [-0.2, -0.15) is 0 Å². The molecule has 0 aliphatic rings.